The summed E-state index contributed by atoms with van der Waals surface area (Å²) in [4.78, 5) is 2.17. The van der Waals surface area contributed by atoms with Crippen molar-refractivity contribution in [3.8, 4) is 11.3 Å². The molecular formula is C16H21FN2O. The molecule has 0 saturated carbocycles. The van der Waals surface area contributed by atoms with Gasteiger partial charge in [0.15, 0.2) is 0 Å². The number of nitrogens with zero attached hydrogens (tertiary/aromatic N) is 1. The van der Waals surface area contributed by atoms with E-state index in [9.17, 15) is 4.39 Å². The second-order valence-electron chi connectivity index (χ2n) is 5.22. The highest BCUT2D eigenvalue weighted by atomic mass is 19.1. The van der Waals surface area contributed by atoms with Gasteiger partial charge in [-0.3, -0.25) is 0 Å². The van der Waals surface area contributed by atoms with Gasteiger partial charge in [-0.2, -0.15) is 0 Å². The Morgan fingerprint density at radius 1 is 1.15 bits per heavy atom. The third kappa shape index (κ3) is 3.92. The van der Waals surface area contributed by atoms with E-state index in [2.05, 4.69) is 31.2 Å². The largest absolute Gasteiger partial charge is 0.460 e. The molecule has 3 nitrogen and oxygen atoms in total. The first-order valence-electron chi connectivity index (χ1n) is 6.78. The van der Waals surface area contributed by atoms with Crippen LogP contribution in [0.4, 0.5) is 4.39 Å². The van der Waals surface area contributed by atoms with Gasteiger partial charge in [0.05, 0.1) is 6.54 Å². The van der Waals surface area contributed by atoms with Gasteiger partial charge in [0.1, 0.15) is 17.3 Å². The summed E-state index contributed by atoms with van der Waals surface area (Å²) in [6.45, 7) is 3.76. The molecular weight excluding hydrogens is 255 g/mol. The lowest BCUT2D eigenvalue weighted by atomic mass is 10.2. The van der Waals surface area contributed by atoms with Crippen molar-refractivity contribution in [2.24, 2.45) is 0 Å². The normalized spacial score (nSPS) is 12.8. The van der Waals surface area contributed by atoms with Crippen LogP contribution in [-0.2, 0) is 6.54 Å². The van der Waals surface area contributed by atoms with Crippen molar-refractivity contribution < 1.29 is 8.81 Å². The summed E-state index contributed by atoms with van der Waals surface area (Å²) in [5.74, 6) is 1.41. The van der Waals surface area contributed by atoms with Crippen molar-refractivity contribution in [1.82, 2.24) is 10.2 Å². The Hall–Kier alpha value is -1.65. The summed E-state index contributed by atoms with van der Waals surface area (Å²) < 4.78 is 18.6. The molecule has 0 radical (unpaired) electrons. The van der Waals surface area contributed by atoms with E-state index in [4.69, 9.17) is 4.42 Å². The van der Waals surface area contributed by atoms with Gasteiger partial charge in [-0.15, -0.1) is 0 Å². The minimum atomic E-state index is -0.236. The maximum atomic E-state index is 12.9. The second-order valence-corrected chi connectivity index (χ2v) is 5.22. The highest BCUT2D eigenvalue weighted by molar-refractivity contribution is 5.57. The average Bonchev–Trinajstić information content (AvgIpc) is 2.88. The maximum Gasteiger partial charge on any atom is 0.134 e. The predicted molar refractivity (Wildman–Crippen MR) is 79.0 cm³/mol. The summed E-state index contributed by atoms with van der Waals surface area (Å²) in [7, 11) is 4.12. The Labute approximate surface area is 119 Å². The van der Waals surface area contributed by atoms with E-state index in [1.807, 2.05) is 12.1 Å². The summed E-state index contributed by atoms with van der Waals surface area (Å²) in [6.07, 6.45) is 0. The summed E-state index contributed by atoms with van der Waals surface area (Å²) in [5, 5.41) is 3.36. The Bertz CT molecular complexity index is 534. The quantitative estimate of drug-likeness (QED) is 0.878. The summed E-state index contributed by atoms with van der Waals surface area (Å²) in [6, 6.07) is 10.7. The van der Waals surface area contributed by atoms with Crippen LogP contribution in [0.5, 0.6) is 0 Å². The first kappa shape index (κ1) is 14.8. The standard InChI is InChI=1S/C16H21FN2O/c1-12(19(2)3)10-18-11-15-8-9-16(20-15)13-4-6-14(17)7-5-13/h4-9,12,18H,10-11H2,1-3H3. The minimum Gasteiger partial charge on any atom is -0.460 e. The molecule has 0 aliphatic rings. The van der Waals surface area contributed by atoms with Gasteiger partial charge in [0.2, 0.25) is 0 Å². The second kappa shape index (κ2) is 6.68. The number of rotatable bonds is 6. The molecule has 1 unspecified atom stereocenters. The minimum absolute atomic E-state index is 0.236. The van der Waals surface area contributed by atoms with E-state index >= 15 is 0 Å². The molecule has 0 saturated heterocycles. The third-order valence-electron chi connectivity index (χ3n) is 3.41. The zero-order valence-corrected chi connectivity index (χ0v) is 12.2. The monoisotopic (exact) mass is 276 g/mol. The molecule has 1 N–H and O–H groups in total. The van der Waals surface area contributed by atoms with Crippen LogP contribution < -0.4 is 5.32 Å². The van der Waals surface area contributed by atoms with Gasteiger partial charge in [0, 0.05) is 18.2 Å². The molecule has 1 aromatic carbocycles. The van der Waals surface area contributed by atoms with Crippen LogP contribution in [0.1, 0.15) is 12.7 Å². The lowest BCUT2D eigenvalue weighted by Gasteiger charge is -2.19. The van der Waals surface area contributed by atoms with Crippen LogP contribution in [0.25, 0.3) is 11.3 Å². The molecule has 0 aliphatic carbocycles. The molecule has 1 heterocycles. The van der Waals surface area contributed by atoms with Gasteiger partial charge >= 0.3 is 0 Å². The molecule has 1 atom stereocenters. The smallest absolute Gasteiger partial charge is 0.134 e. The van der Waals surface area contributed by atoms with E-state index in [0.717, 1.165) is 23.6 Å². The number of nitrogens with one attached hydrogen (secondary N) is 1. The Kier molecular flexibility index (Phi) is 4.93. The van der Waals surface area contributed by atoms with Gasteiger partial charge in [-0.1, -0.05) is 0 Å². The molecule has 0 spiro atoms. The van der Waals surface area contributed by atoms with Crippen LogP contribution in [0.15, 0.2) is 40.8 Å². The number of benzene rings is 1. The highest BCUT2D eigenvalue weighted by Gasteiger charge is 2.07. The molecule has 0 aliphatic heterocycles. The SMILES string of the molecule is CC(CNCc1ccc(-c2ccc(F)cc2)o1)N(C)C. The molecule has 1 aromatic heterocycles. The van der Waals surface area contributed by atoms with E-state index in [-0.39, 0.29) is 5.82 Å². The fourth-order valence-electron chi connectivity index (χ4n) is 1.83. The molecule has 4 heteroatoms. The van der Waals surface area contributed by atoms with Gasteiger partial charge in [0.25, 0.3) is 0 Å². The third-order valence-corrected chi connectivity index (χ3v) is 3.41. The summed E-state index contributed by atoms with van der Waals surface area (Å²) >= 11 is 0. The lowest BCUT2D eigenvalue weighted by Crippen LogP contribution is -2.35. The molecule has 20 heavy (non-hydrogen) atoms. The number of hydrogen-bond acceptors (Lipinski definition) is 3. The van der Waals surface area contributed by atoms with Crippen molar-refractivity contribution in [3.63, 3.8) is 0 Å². The van der Waals surface area contributed by atoms with E-state index in [1.54, 1.807) is 12.1 Å². The first-order valence-corrected chi connectivity index (χ1v) is 6.78. The van der Waals surface area contributed by atoms with E-state index in [1.165, 1.54) is 12.1 Å². The Morgan fingerprint density at radius 2 is 1.85 bits per heavy atom. The number of hydrogen-bond donors (Lipinski definition) is 1. The molecule has 0 amide bonds. The molecule has 2 aromatic rings. The lowest BCUT2D eigenvalue weighted by molar-refractivity contribution is 0.300. The fourth-order valence-corrected chi connectivity index (χ4v) is 1.83. The van der Waals surface area contributed by atoms with Crippen LogP contribution in [-0.4, -0.2) is 31.6 Å². The number of halogens is 1. The van der Waals surface area contributed by atoms with Crippen molar-refractivity contribution in [1.29, 1.82) is 0 Å². The van der Waals surface area contributed by atoms with Crippen molar-refractivity contribution in [2.45, 2.75) is 19.5 Å². The van der Waals surface area contributed by atoms with Crippen molar-refractivity contribution >= 4 is 0 Å². The van der Waals surface area contributed by atoms with Crippen molar-refractivity contribution in [2.75, 3.05) is 20.6 Å². The molecule has 0 bridgehead atoms. The van der Waals surface area contributed by atoms with E-state index in [0.29, 0.717) is 12.6 Å². The van der Waals surface area contributed by atoms with Crippen molar-refractivity contribution in [3.05, 3.63) is 48.0 Å². The van der Waals surface area contributed by atoms with Gasteiger partial charge < -0.3 is 14.6 Å². The highest BCUT2D eigenvalue weighted by Crippen LogP contribution is 2.22. The number of likely N-dealkylation sites (N-methyl/N-ethyl adjacent to an activating group) is 1. The van der Waals surface area contributed by atoms with E-state index < -0.39 is 0 Å². The van der Waals surface area contributed by atoms with Crippen LogP contribution in [0, 0.1) is 5.82 Å². The van der Waals surface area contributed by atoms with Crippen LogP contribution >= 0.6 is 0 Å². The van der Waals surface area contributed by atoms with Gasteiger partial charge in [-0.05, 0) is 57.4 Å². The first-order chi connectivity index (χ1) is 9.56. The van der Waals surface area contributed by atoms with Crippen LogP contribution in [0.2, 0.25) is 0 Å². The summed E-state index contributed by atoms with van der Waals surface area (Å²) in [5.41, 5.74) is 0.888. The fraction of sp³-hybridized carbons (Fsp3) is 0.375. The molecule has 0 fully saturated rings. The predicted octanol–water partition coefficient (Wildman–Crippen LogP) is 3.13. The maximum absolute atomic E-state index is 12.9. The zero-order chi connectivity index (χ0) is 14.5. The Balaban J connectivity index is 1.91. The molecule has 2 rings (SSSR count). The Morgan fingerprint density at radius 3 is 2.50 bits per heavy atom. The van der Waals surface area contributed by atoms with Crippen LogP contribution in [0.3, 0.4) is 0 Å². The average molecular weight is 276 g/mol. The number of furan rings is 1. The zero-order valence-electron chi connectivity index (χ0n) is 12.2. The molecule has 108 valence electrons. The van der Waals surface area contributed by atoms with Gasteiger partial charge in [-0.25, -0.2) is 4.39 Å². The topological polar surface area (TPSA) is 28.4 Å².